The number of carbonyl (C=O) groups is 1. The minimum absolute atomic E-state index is 0.113. The van der Waals surface area contributed by atoms with Crippen LogP contribution in [0.15, 0.2) is 84.0 Å². The monoisotopic (exact) mass is 664 g/mol. The van der Waals surface area contributed by atoms with Gasteiger partial charge in [0.15, 0.2) is 5.13 Å². The van der Waals surface area contributed by atoms with Gasteiger partial charge in [-0.25, -0.2) is 23.4 Å². The molecule has 5 aromatic rings. The highest BCUT2D eigenvalue weighted by atomic mass is 32.2. The summed E-state index contributed by atoms with van der Waals surface area (Å²) in [4.78, 5) is 25.9. The number of rotatable bonds is 8. The van der Waals surface area contributed by atoms with Crippen LogP contribution >= 0.6 is 11.3 Å². The van der Waals surface area contributed by atoms with Crippen LogP contribution < -0.4 is 10.6 Å². The van der Waals surface area contributed by atoms with Crippen molar-refractivity contribution in [2.75, 3.05) is 23.7 Å². The predicted octanol–water partition coefficient (Wildman–Crippen LogP) is 7.45. The van der Waals surface area contributed by atoms with E-state index < -0.39 is 27.7 Å². The molecule has 6 rings (SSSR count). The van der Waals surface area contributed by atoms with Gasteiger partial charge in [-0.05, 0) is 73.0 Å². The number of piperidine rings is 1. The van der Waals surface area contributed by atoms with Crippen molar-refractivity contribution in [3.05, 3.63) is 101 Å². The van der Waals surface area contributed by atoms with Crippen LogP contribution in [0.5, 0.6) is 0 Å². The van der Waals surface area contributed by atoms with Gasteiger partial charge in [0.2, 0.25) is 16.0 Å². The first-order valence-electron chi connectivity index (χ1n) is 14.3. The molecule has 14 heteroatoms. The van der Waals surface area contributed by atoms with Crippen molar-refractivity contribution in [3.63, 3.8) is 0 Å². The molecular formula is C32H27F3N6O3S2. The highest BCUT2D eigenvalue weighted by Gasteiger charge is 2.31. The molecule has 0 unspecified atom stereocenters. The molecule has 0 bridgehead atoms. The highest BCUT2D eigenvalue weighted by Crippen LogP contribution is 2.31. The molecule has 0 spiro atoms. The van der Waals surface area contributed by atoms with E-state index in [0.717, 1.165) is 47.2 Å². The van der Waals surface area contributed by atoms with Crippen LogP contribution in [0.4, 0.5) is 29.9 Å². The van der Waals surface area contributed by atoms with Crippen molar-refractivity contribution in [1.82, 2.24) is 19.3 Å². The number of carbonyl (C=O) groups excluding carboxylic acids is 1. The Kier molecular flexibility index (Phi) is 8.84. The van der Waals surface area contributed by atoms with Gasteiger partial charge in [-0.2, -0.15) is 17.5 Å². The number of amides is 1. The summed E-state index contributed by atoms with van der Waals surface area (Å²) in [6.07, 6.45) is 5.25. The smallest absolute Gasteiger partial charge is 0.324 e. The summed E-state index contributed by atoms with van der Waals surface area (Å²) < 4.78 is 67.1. The normalized spacial score (nSPS) is 14.5. The highest BCUT2D eigenvalue weighted by molar-refractivity contribution is 7.89. The molecular weight excluding hydrogens is 638 g/mol. The molecule has 1 aliphatic heterocycles. The van der Waals surface area contributed by atoms with Gasteiger partial charge >= 0.3 is 6.18 Å². The van der Waals surface area contributed by atoms with E-state index in [1.807, 2.05) is 24.3 Å². The van der Waals surface area contributed by atoms with Crippen LogP contribution in [0, 0.1) is 0 Å². The largest absolute Gasteiger partial charge is 0.416 e. The van der Waals surface area contributed by atoms with Crippen molar-refractivity contribution >= 4 is 66.4 Å². The van der Waals surface area contributed by atoms with Gasteiger partial charge in [0.25, 0.3) is 5.91 Å². The molecule has 0 saturated carbocycles. The van der Waals surface area contributed by atoms with E-state index in [0.29, 0.717) is 30.2 Å². The molecule has 3 heterocycles. The van der Waals surface area contributed by atoms with Gasteiger partial charge in [0.1, 0.15) is 0 Å². The maximum atomic E-state index is 13.0. The fraction of sp³-hybridized carbons (Fsp3) is 0.188. The van der Waals surface area contributed by atoms with Crippen LogP contribution in [-0.2, 0) is 16.2 Å². The summed E-state index contributed by atoms with van der Waals surface area (Å²) in [6, 6.07) is 16.3. The van der Waals surface area contributed by atoms with Crippen molar-refractivity contribution in [2.45, 2.75) is 30.3 Å². The Morgan fingerprint density at radius 1 is 0.891 bits per heavy atom. The third kappa shape index (κ3) is 7.25. The van der Waals surface area contributed by atoms with E-state index in [1.54, 1.807) is 42.7 Å². The lowest BCUT2D eigenvalue weighted by Crippen LogP contribution is -2.35. The summed E-state index contributed by atoms with van der Waals surface area (Å²) in [5.74, 6) is -0.324. The summed E-state index contributed by atoms with van der Waals surface area (Å²) in [6.45, 7) is 1.10. The fourth-order valence-electron chi connectivity index (χ4n) is 4.88. The number of hydrogen-bond donors (Lipinski definition) is 2. The minimum atomic E-state index is -4.55. The van der Waals surface area contributed by atoms with E-state index in [4.69, 9.17) is 0 Å². The number of thiazole rings is 1. The van der Waals surface area contributed by atoms with Crippen LogP contribution in [-0.4, -0.2) is 46.7 Å². The Bertz CT molecular complexity index is 2010. The van der Waals surface area contributed by atoms with Crippen LogP contribution in [0.2, 0.25) is 0 Å². The first kappa shape index (κ1) is 31.3. The quantitative estimate of drug-likeness (QED) is 0.177. The Morgan fingerprint density at radius 2 is 1.61 bits per heavy atom. The summed E-state index contributed by atoms with van der Waals surface area (Å²) >= 11 is 1.21. The minimum Gasteiger partial charge on any atom is -0.324 e. The molecule has 0 radical (unpaired) electrons. The Labute approximate surface area is 266 Å². The van der Waals surface area contributed by atoms with Crippen LogP contribution in [0.3, 0.4) is 0 Å². The second-order valence-corrected chi connectivity index (χ2v) is 13.5. The summed E-state index contributed by atoms with van der Waals surface area (Å²) in [7, 11) is -3.50. The Morgan fingerprint density at radius 3 is 2.33 bits per heavy atom. The SMILES string of the molecule is O=C(Nc1nc2ccc(/C=C/c3cnc(Nc4ccc(S(=O)(=O)N5CCCCC5)cc4)nc3)cc2s1)c1cccc(C(F)(F)F)c1. The standard InChI is InChI=1S/C32H27F3N6O3S2/c33-32(34,35)24-6-4-5-23(18-24)29(42)40-31-39-27-14-9-21(17-28(27)45-31)7-8-22-19-36-30(37-20-22)38-25-10-12-26(13-11-25)46(43,44)41-15-2-1-3-16-41/h4-14,17-20H,1-3,15-16H2,(H,36,37,38)(H,39,40,42)/b8-7+. The van der Waals surface area contributed by atoms with Crippen molar-refractivity contribution in [2.24, 2.45) is 0 Å². The second kappa shape index (κ2) is 13.0. The molecule has 2 aromatic heterocycles. The maximum absolute atomic E-state index is 13.0. The number of aromatic nitrogens is 3. The van der Waals surface area contributed by atoms with Gasteiger partial charge in [-0.1, -0.05) is 42.0 Å². The van der Waals surface area contributed by atoms with Gasteiger partial charge in [0.05, 0.1) is 20.7 Å². The molecule has 1 amide bonds. The van der Waals surface area contributed by atoms with Gasteiger partial charge in [-0.3, -0.25) is 10.1 Å². The molecule has 236 valence electrons. The lowest BCUT2D eigenvalue weighted by molar-refractivity contribution is -0.137. The molecule has 46 heavy (non-hydrogen) atoms. The van der Waals surface area contributed by atoms with E-state index in [2.05, 4.69) is 25.6 Å². The number of benzene rings is 3. The van der Waals surface area contributed by atoms with Crippen LogP contribution in [0.1, 0.15) is 46.3 Å². The van der Waals surface area contributed by atoms with E-state index in [1.165, 1.54) is 27.8 Å². The molecule has 3 aromatic carbocycles. The number of hydrogen-bond acceptors (Lipinski definition) is 8. The molecule has 0 atom stereocenters. The molecule has 1 fully saturated rings. The van der Waals surface area contributed by atoms with Gasteiger partial charge < -0.3 is 5.32 Å². The lowest BCUT2D eigenvalue weighted by atomic mass is 10.1. The van der Waals surface area contributed by atoms with Crippen molar-refractivity contribution in [1.29, 1.82) is 0 Å². The zero-order valence-corrected chi connectivity index (χ0v) is 25.8. The third-order valence-corrected chi connectivity index (χ3v) is 10.1. The lowest BCUT2D eigenvalue weighted by Gasteiger charge is -2.25. The maximum Gasteiger partial charge on any atom is 0.416 e. The average Bonchev–Trinajstić information content (AvgIpc) is 3.46. The molecule has 1 aliphatic rings. The molecule has 2 N–H and O–H groups in total. The fourth-order valence-corrected chi connectivity index (χ4v) is 7.31. The summed E-state index contributed by atoms with van der Waals surface area (Å²) in [5, 5.41) is 5.93. The first-order chi connectivity index (χ1) is 22.0. The zero-order chi connectivity index (χ0) is 32.3. The van der Waals surface area contributed by atoms with Crippen molar-refractivity contribution < 1.29 is 26.4 Å². The van der Waals surface area contributed by atoms with Gasteiger partial charge in [-0.15, -0.1) is 0 Å². The zero-order valence-electron chi connectivity index (χ0n) is 24.2. The average molecular weight is 665 g/mol. The second-order valence-electron chi connectivity index (χ2n) is 10.6. The van der Waals surface area contributed by atoms with Crippen molar-refractivity contribution in [3.8, 4) is 0 Å². The third-order valence-electron chi connectivity index (χ3n) is 7.29. The molecule has 0 aliphatic carbocycles. The molecule has 1 saturated heterocycles. The van der Waals surface area contributed by atoms with Crippen LogP contribution in [0.25, 0.3) is 22.4 Å². The Balaban J connectivity index is 1.07. The summed E-state index contributed by atoms with van der Waals surface area (Å²) in [5.41, 5.74) is 1.88. The number of fused-ring (bicyclic) bond motifs is 1. The number of anilines is 3. The first-order valence-corrected chi connectivity index (χ1v) is 16.6. The number of sulfonamides is 1. The number of halogens is 3. The number of nitrogens with zero attached hydrogens (tertiary/aromatic N) is 4. The topological polar surface area (TPSA) is 117 Å². The number of nitrogens with one attached hydrogen (secondary N) is 2. The van der Waals surface area contributed by atoms with E-state index in [9.17, 15) is 26.4 Å². The Hall–Kier alpha value is -4.66. The van der Waals surface area contributed by atoms with E-state index >= 15 is 0 Å². The van der Waals surface area contributed by atoms with Gasteiger partial charge in [0, 0.05) is 42.3 Å². The molecule has 9 nitrogen and oxygen atoms in total. The van der Waals surface area contributed by atoms with E-state index in [-0.39, 0.29) is 15.6 Å². The number of alkyl halides is 3. The predicted molar refractivity (Wildman–Crippen MR) is 172 cm³/mol.